The van der Waals surface area contributed by atoms with Gasteiger partial charge in [0.15, 0.2) is 0 Å². The van der Waals surface area contributed by atoms with Crippen molar-refractivity contribution in [1.82, 2.24) is 0 Å². The second-order valence-electron chi connectivity index (χ2n) is 3.06. The van der Waals surface area contributed by atoms with Crippen LogP contribution >= 0.6 is 0 Å². The van der Waals surface area contributed by atoms with Crippen LogP contribution < -0.4 is 0 Å². The van der Waals surface area contributed by atoms with Crippen molar-refractivity contribution in [3.05, 3.63) is 52.1 Å². The predicted molar refractivity (Wildman–Crippen MR) is 58.0 cm³/mol. The molecule has 0 bridgehead atoms. The number of allylic oxidation sites excluding steroid dienone is 1. The fraction of sp³-hybridized carbons (Fsp3) is 0.182. The van der Waals surface area contributed by atoms with E-state index in [0.29, 0.717) is 6.42 Å². The lowest BCUT2D eigenvalue weighted by atomic mass is 10.1. The Hall–Kier alpha value is -2.17. The summed E-state index contributed by atoms with van der Waals surface area (Å²) in [4.78, 5) is 20.8. The highest BCUT2D eigenvalue weighted by Gasteiger charge is 2.04. The maximum absolute atomic E-state index is 10.8. The van der Waals surface area contributed by atoms with E-state index in [-0.39, 0.29) is 5.69 Å². The lowest BCUT2D eigenvalue weighted by Crippen LogP contribution is -1.94. The number of hydrogen-bond donors (Lipinski definition) is 0. The van der Waals surface area contributed by atoms with E-state index in [1.165, 1.54) is 25.3 Å². The maximum atomic E-state index is 10.8. The number of nitrogens with zero attached hydrogens (tertiary/aromatic N) is 1. The van der Waals surface area contributed by atoms with E-state index >= 15 is 0 Å². The first-order valence-electron chi connectivity index (χ1n) is 4.61. The standard InChI is InChI=1S/C11H11NO4/c1-16-11(13)7-3-5-9-4-2-6-10(8-9)12(14)15/h2-4,6-8H,5H2,1H3. The molecule has 0 aliphatic heterocycles. The first-order valence-corrected chi connectivity index (χ1v) is 4.61. The molecule has 0 heterocycles. The smallest absolute Gasteiger partial charge is 0.330 e. The third-order valence-electron chi connectivity index (χ3n) is 1.93. The van der Waals surface area contributed by atoms with Gasteiger partial charge in [-0.15, -0.1) is 0 Å². The molecule has 0 aliphatic rings. The molecule has 0 amide bonds. The van der Waals surface area contributed by atoms with Gasteiger partial charge in [0, 0.05) is 18.2 Å². The van der Waals surface area contributed by atoms with Crippen LogP contribution in [-0.2, 0) is 16.0 Å². The molecule has 0 unspecified atom stereocenters. The zero-order valence-electron chi connectivity index (χ0n) is 8.75. The topological polar surface area (TPSA) is 69.4 Å². The maximum Gasteiger partial charge on any atom is 0.330 e. The molecule has 0 spiro atoms. The Kier molecular flexibility index (Phi) is 4.20. The average molecular weight is 221 g/mol. The predicted octanol–water partition coefficient (Wildman–Crippen LogP) is 1.87. The summed E-state index contributed by atoms with van der Waals surface area (Å²) >= 11 is 0. The Morgan fingerprint density at radius 2 is 2.31 bits per heavy atom. The first-order chi connectivity index (χ1) is 7.63. The largest absolute Gasteiger partial charge is 0.466 e. The van der Waals surface area contributed by atoms with Crippen molar-refractivity contribution in [3.8, 4) is 0 Å². The summed E-state index contributed by atoms with van der Waals surface area (Å²) in [5.74, 6) is -0.439. The fourth-order valence-electron chi connectivity index (χ4n) is 1.16. The molecule has 84 valence electrons. The number of benzene rings is 1. The molecule has 1 aromatic rings. The Morgan fingerprint density at radius 1 is 1.56 bits per heavy atom. The quantitative estimate of drug-likeness (QED) is 0.337. The van der Waals surface area contributed by atoms with Gasteiger partial charge >= 0.3 is 5.97 Å². The molecule has 1 rings (SSSR count). The molecular weight excluding hydrogens is 210 g/mol. The fourth-order valence-corrected chi connectivity index (χ4v) is 1.16. The Labute approximate surface area is 92.5 Å². The Morgan fingerprint density at radius 3 is 2.94 bits per heavy atom. The van der Waals surface area contributed by atoms with Crippen LogP contribution in [0.5, 0.6) is 0 Å². The van der Waals surface area contributed by atoms with Crippen LogP contribution in [0.4, 0.5) is 5.69 Å². The summed E-state index contributed by atoms with van der Waals surface area (Å²) in [6.45, 7) is 0. The number of carbonyl (C=O) groups is 1. The number of methoxy groups -OCH3 is 1. The van der Waals surface area contributed by atoms with Gasteiger partial charge in [-0.3, -0.25) is 10.1 Å². The third kappa shape index (κ3) is 3.53. The van der Waals surface area contributed by atoms with Gasteiger partial charge in [-0.1, -0.05) is 18.2 Å². The summed E-state index contributed by atoms with van der Waals surface area (Å²) < 4.78 is 4.42. The second kappa shape index (κ2) is 5.65. The van der Waals surface area contributed by atoms with Crippen LogP contribution in [0.2, 0.25) is 0 Å². The van der Waals surface area contributed by atoms with Gasteiger partial charge in [-0.2, -0.15) is 0 Å². The summed E-state index contributed by atoms with van der Waals surface area (Å²) in [6, 6.07) is 6.27. The molecule has 0 radical (unpaired) electrons. The summed E-state index contributed by atoms with van der Waals surface area (Å²) in [5, 5.41) is 10.5. The highest BCUT2D eigenvalue weighted by molar-refractivity contribution is 5.81. The molecular formula is C11H11NO4. The van der Waals surface area contributed by atoms with E-state index in [9.17, 15) is 14.9 Å². The first kappa shape index (κ1) is 11.9. The molecule has 0 aliphatic carbocycles. The van der Waals surface area contributed by atoms with Crippen LogP contribution in [0, 0.1) is 10.1 Å². The van der Waals surface area contributed by atoms with Gasteiger partial charge in [0.25, 0.3) is 5.69 Å². The zero-order chi connectivity index (χ0) is 12.0. The van der Waals surface area contributed by atoms with E-state index in [4.69, 9.17) is 0 Å². The summed E-state index contributed by atoms with van der Waals surface area (Å²) in [5.41, 5.74) is 0.818. The van der Waals surface area contributed by atoms with Crippen LogP contribution in [0.25, 0.3) is 0 Å². The van der Waals surface area contributed by atoms with Crippen LogP contribution in [0.15, 0.2) is 36.4 Å². The van der Waals surface area contributed by atoms with Crippen molar-refractivity contribution >= 4 is 11.7 Å². The van der Waals surface area contributed by atoms with Crippen LogP contribution in [0.3, 0.4) is 0 Å². The molecule has 0 N–H and O–H groups in total. The molecule has 0 atom stereocenters. The lowest BCUT2D eigenvalue weighted by Gasteiger charge is -1.96. The van der Waals surface area contributed by atoms with Crippen molar-refractivity contribution < 1.29 is 14.5 Å². The Balaban J connectivity index is 2.67. The van der Waals surface area contributed by atoms with E-state index < -0.39 is 10.9 Å². The van der Waals surface area contributed by atoms with Crippen LogP contribution in [0.1, 0.15) is 5.56 Å². The normalized spacial score (nSPS) is 10.3. The number of hydrogen-bond acceptors (Lipinski definition) is 4. The monoisotopic (exact) mass is 221 g/mol. The van der Waals surface area contributed by atoms with Crippen molar-refractivity contribution in [3.63, 3.8) is 0 Å². The van der Waals surface area contributed by atoms with Crippen molar-refractivity contribution in [1.29, 1.82) is 0 Å². The number of ether oxygens (including phenoxy) is 1. The minimum Gasteiger partial charge on any atom is -0.466 e. The SMILES string of the molecule is COC(=O)C=CCc1cccc([N+](=O)[O-])c1. The van der Waals surface area contributed by atoms with Gasteiger partial charge in [0.2, 0.25) is 0 Å². The van der Waals surface area contributed by atoms with Crippen molar-refractivity contribution in [2.24, 2.45) is 0 Å². The highest BCUT2D eigenvalue weighted by atomic mass is 16.6. The second-order valence-corrected chi connectivity index (χ2v) is 3.06. The number of carbonyl (C=O) groups excluding carboxylic acids is 1. The molecule has 5 nitrogen and oxygen atoms in total. The lowest BCUT2D eigenvalue weighted by molar-refractivity contribution is -0.384. The van der Waals surface area contributed by atoms with Gasteiger partial charge < -0.3 is 4.74 Å². The third-order valence-corrected chi connectivity index (χ3v) is 1.93. The van der Waals surface area contributed by atoms with E-state index in [1.54, 1.807) is 18.2 Å². The molecule has 1 aromatic carbocycles. The zero-order valence-corrected chi connectivity index (χ0v) is 8.75. The van der Waals surface area contributed by atoms with Gasteiger partial charge in [-0.05, 0) is 12.0 Å². The van der Waals surface area contributed by atoms with E-state index in [1.807, 2.05) is 0 Å². The minimum absolute atomic E-state index is 0.0453. The number of rotatable bonds is 4. The van der Waals surface area contributed by atoms with Gasteiger partial charge in [0.05, 0.1) is 12.0 Å². The van der Waals surface area contributed by atoms with Crippen molar-refractivity contribution in [2.45, 2.75) is 6.42 Å². The highest BCUT2D eigenvalue weighted by Crippen LogP contribution is 2.13. The molecule has 16 heavy (non-hydrogen) atoms. The number of esters is 1. The molecule has 0 aromatic heterocycles. The average Bonchev–Trinajstić information content (AvgIpc) is 2.29. The number of nitro benzene ring substituents is 1. The van der Waals surface area contributed by atoms with Gasteiger partial charge in [0.1, 0.15) is 0 Å². The molecule has 0 saturated heterocycles. The van der Waals surface area contributed by atoms with E-state index in [2.05, 4.69) is 4.74 Å². The van der Waals surface area contributed by atoms with Crippen molar-refractivity contribution in [2.75, 3.05) is 7.11 Å². The minimum atomic E-state index is -0.451. The summed E-state index contributed by atoms with van der Waals surface area (Å²) in [6.07, 6.45) is 3.35. The summed E-state index contributed by atoms with van der Waals surface area (Å²) in [7, 11) is 1.29. The number of non-ortho nitro benzene ring substituents is 1. The van der Waals surface area contributed by atoms with E-state index in [0.717, 1.165) is 5.56 Å². The number of nitro groups is 1. The van der Waals surface area contributed by atoms with Crippen LogP contribution in [-0.4, -0.2) is 18.0 Å². The molecule has 0 fully saturated rings. The Bertz CT molecular complexity index is 426. The van der Waals surface area contributed by atoms with Gasteiger partial charge in [-0.25, -0.2) is 4.79 Å². The molecule has 0 saturated carbocycles. The molecule has 5 heteroatoms.